The first-order chi connectivity index (χ1) is 9.56. The highest BCUT2D eigenvalue weighted by molar-refractivity contribution is 5.64. The molecule has 3 atom stereocenters. The molecule has 0 spiro atoms. The summed E-state index contributed by atoms with van der Waals surface area (Å²) in [5, 5.41) is 23.3. The van der Waals surface area contributed by atoms with Crippen LogP contribution in [0.5, 0.6) is 0 Å². The highest BCUT2D eigenvalue weighted by atomic mass is 16.6. The first-order valence-electron chi connectivity index (χ1n) is 7.01. The smallest absolute Gasteiger partial charge is 0.293 e. The molecule has 2 rings (SSSR count). The number of nitro benzene ring substituents is 1. The van der Waals surface area contributed by atoms with E-state index in [0.717, 1.165) is 12.8 Å². The zero-order valence-electron chi connectivity index (χ0n) is 11.8. The van der Waals surface area contributed by atoms with Gasteiger partial charge in [0.1, 0.15) is 5.69 Å². The minimum Gasteiger partial charge on any atom is -0.376 e. The molecular formula is C15H19N3O2. The topological polar surface area (TPSA) is 79.0 Å². The summed E-state index contributed by atoms with van der Waals surface area (Å²) < 4.78 is 0. The van der Waals surface area contributed by atoms with Crippen LogP contribution in [0.25, 0.3) is 0 Å². The summed E-state index contributed by atoms with van der Waals surface area (Å²) >= 11 is 0. The van der Waals surface area contributed by atoms with Crippen molar-refractivity contribution in [2.75, 3.05) is 5.32 Å². The molecule has 1 aromatic carbocycles. The first-order valence-corrected chi connectivity index (χ1v) is 7.01. The Balaban J connectivity index is 2.22. The van der Waals surface area contributed by atoms with Crippen LogP contribution >= 0.6 is 0 Å². The van der Waals surface area contributed by atoms with E-state index >= 15 is 0 Å². The third-order valence-corrected chi connectivity index (χ3v) is 4.42. The highest BCUT2D eigenvalue weighted by Crippen LogP contribution is 2.37. The average molecular weight is 273 g/mol. The number of anilines is 1. The minimum absolute atomic E-state index is 0.0174. The van der Waals surface area contributed by atoms with Crippen LogP contribution in [0.1, 0.15) is 38.7 Å². The van der Waals surface area contributed by atoms with E-state index in [4.69, 9.17) is 5.26 Å². The molecule has 5 heteroatoms. The van der Waals surface area contributed by atoms with Crippen LogP contribution in [0.15, 0.2) is 18.2 Å². The first kappa shape index (κ1) is 14.3. The lowest BCUT2D eigenvalue weighted by Crippen LogP contribution is -2.25. The fourth-order valence-electron chi connectivity index (χ4n) is 3.10. The molecule has 0 aliphatic heterocycles. The summed E-state index contributed by atoms with van der Waals surface area (Å²) in [5.41, 5.74) is 0.812. The maximum atomic E-state index is 11.1. The molecule has 3 unspecified atom stereocenters. The van der Waals surface area contributed by atoms with E-state index in [9.17, 15) is 10.1 Å². The zero-order valence-corrected chi connectivity index (χ0v) is 11.8. The number of nitrogens with zero attached hydrogens (tertiary/aromatic N) is 2. The minimum atomic E-state index is -0.430. The fraction of sp³-hybridized carbons (Fsp3) is 0.533. The number of nitrogens with one attached hydrogen (secondary N) is 1. The van der Waals surface area contributed by atoms with Crippen molar-refractivity contribution in [3.05, 3.63) is 33.9 Å². The van der Waals surface area contributed by atoms with Gasteiger partial charge in [-0.25, -0.2) is 0 Å². The second-order valence-electron chi connectivity index (χ2n) is 5.46. The van der Waals surface area contributed by atoms with E-state index in [1.807, 2.05) is 6.07 Å². The summed E-state index contributed by atoms with van der Waals surface area (Å²) in [4.78, 5) is 10.7. The number of nitriles is 1. The molecule has 5 nitrogen and oxygen atoms in total. The van der Waals surface area contributed by atoms with Crippen LogP contribution in [0.3, 0.4) is 0 Å². The third-order valence-electron chi connectivity index (χ3n) is 4.42. The molecule has 1 aromatic rings. The number of rotatable bonds is 4. The van der Waals surface area contributed by atoms with Crippen molar-refractivity contribution in [1.29, 1.82) is 5.26 Å². The van der Waals surface area contributed by atoms with Gasteiger partial charge in [0.15, 0.2) is 0 Å². The van der Waals surface area contributed by atoms with Gasteiger partial charge in [0.2, 0.25) is 0 Å². The van der Waals surface area contributed by atoms with Gasteiger partial charge >= 0.3 is 0 Å². The number of nitro groups is 1. The summed E-state index contributed by atoms with van der Waals surface area (Å²) in [5.74, 6) is 1.19. The number of hydrogen-bond donors (Lipinski definition) is 1. The molecule has 1 fully saturated rings. The van der Waals surface area contributed by atoms with Gasteiger partial charge < -0.3 is 5.32 Å². The summed E-state index contributed by atoms with van der Waals surface area (Å²) in [7, 11) is 0. The van der Waals surface area contributed by atoms with Crippen molar-refractivity contribution in [1.82, 2.24) is 0 Å². The van der Waals surface area contributed by atoms with Gasteiger partial charge in [-0.1, -0.05) is 20.3 Å². The Morgan fingerprint density at radius 3 is 2.80 bits per heavy atom. The molecular weight excluding hydrogens is 254 g/mol. The van der Waals surface area contributed by atoms with E-state index in [1.165, 1.54) is 12.5 Å². The molecule has 1 N–H and O–H groups in total. The molecule has 1 aliphatic rings. The zero-order chi connectivity index (χ0) is 14.7. The van der Waals surface area contributed by atoms with Gasteiger partial charge in [0, 0.05) is 12.1 Å². The monoisotopic (exact) mass is 273 g/mol. The lowest BCUT2D eigenvalue weighted by molar-refractivity contribution is -0.384. The van der Waals surface area contributed by atoms with Gasteiger partial charge in [-0.15, -0.1) is 0 Å². The quantitative estimate of drug-likeness (QED) is 0.670. The Labute approximate surface area is 118 Å². The maximum Gasteiger partial charge on any atom is 0.293 e. The van der Waals surface area contributed by atoms with E-state index in [2.05, 4.69) is 19.2 Å². The van der Waals surface area contributed by atoms with Crippen molar-refractivity contribution in [2.24, 2.45) is 11.8 Å². The van der Waals surface area contributed by atoms with Crippen LogP contribution < -0.4 is 5.32 Å². The predicted octanol–water partition coefficient (Wildman–Crippen LogP) is 3.70. The molecule has 0 amide bonds. The molecule has 0 heterocycles. The molecule has 106 valence electrons. The Kier molecular flexibility index (Phi) is 4.23. The normalized spacial score (nSPS) is 25.1. The van der Waals surface area contributed by atoms with Crippen LogP contribution in [0, 0.1) is 33.3 Å². The molecule has 0 radical (unpaired) electrons. The van der Waals surface area contributed by atoms with Crippen molar-refractivity contribution < 1.29 is 4.92 Å². The number of hydrogen-bond acceptors (Lipinski definition) is 4. The van der Waals surface area contributed by atoms with Gasteiger partial charge in [0.25, 0.3) is 5.69 Å². The van der Waals surface area contributed by atoms with Crippen molar-refractivity contribution in [3.8, 4) is 6.07 Å². The molecule has 0 aromatic heterocycles. The van der Waals surface area contributed by atoms with E-state index in [0.29, 0.717) is 23.1 Å². The Hall–Kier alpha value is -2.09. The molecule has 1 aliphatic carbocycles. The summed E-state index contributed by atoms with van der Waals surface area (Å²) in [6, 6.07) is 6.80. The van der Waals surface area contributed by atoms with Crippen molar-refractivity contribution >= 4 is 11.4 Å². The lowest BCUT2D eigenvalue weighted by atomic mass is 9.93. The van der Waals surface area contributed by atoms with Crippen LogP contribution in [-0.4, -0.2) is 11.0 Å². The second-order valence-corrected chi connectivity index (χ2v) is 5.46. The van der Waals surface area contributed by atoms with E-state index in [-0.39, 0.29) is 11.7 Å². The van der Waals surface area contributed by atoms with E-state index < -0.39 is 4.92 Å². The molecule has 20 heavy (non-hydrogen) atoms. The molecule has 0 saturated heterocycles. The Bertz CT molecular complexity index is 551. The van der Waals surface area contributed by atoms with Gasteiger partial charge in [-0.05, 0) is 36.8 Å². The SMILES string of the molecule is CCC1CCC(Nc2ccc(C#N)cc2[N+](=O)[O-])C1C. The third kappa shape index (κ3) is 2.74. The van der Waals surface area contributed by atoms with Gasteiger partial charge in [-0.3, -0.25) is 10.1 Å². The fourth-order valence-corrected chi connectivity index (χ4v) is 3.10. The lowest BCUT2D eigenvalue weighted by Gasteiger charge is -2.21. The standard InChI is InChI=1S/C15H19N3O2/c1-3-12-5-7-13(10(12)2)17-14-6-4-11(9-16)8-15(14)18(19)20/h4,6,8,10,12-13,17H,3,5,7H2,1-2H3. The van der Waals surface area contributed by atoms with Crippen molar-refractivity contribution in [2.45, 2.75) is 39.2 Å². The Morgan fingerprint density at radius 1 is 1.50 bits per heavy atom. The van der Waals surface area contributed by atoms with Crippen LogP contribution in [0.2, 0.25) is 0 Å². The summed E-state index contributed by atoms with van der Waals surface area (Å²) in [6.45, 7) is 4.39. The maximum absolute atomic E-state index is 11.1. The van der Waals surface area contributed by atoms with E-state index in [1.54, 1.807) is 12.1 Å². The highest BCUT2D eigenvalue weighted by Gasteiger charge is 2.32. The van der Waals surface area contributed by atoms with Gasteiger partial charge in [0.05, 0.1) is 16.6 Å². The molecule has 1 saturated carbocycles. The van der Waals surface area contributed by atoms with Crippen molar-refractivity contribution in [3.63, 3.8) is 0 Å². The molecule has 0 bridgehead atoms. The average Bonchev–Trinajstić information content (AvgIpc) is 2.79. The predicted molar refractivity (Wildman–Crippen MR) is 77.4 cm³/mol. The van der Waals surface area contributed by atoms with Crippen LogP contribution in [0.4, 0.5) is 11.4 Å². The largest absolute Gasteiger partial charge is 0.376 e. The Morgan fingerprint density at radius 2 is 2.25 bits per heavy atom. The van der Waals surface area contributed by atoms with Gasteiger partial charge in [-0.2, -0.15) is 5.26 Å². The van der Waals surface area contributed by atoms with Crippen LogP contribution in [-0.2, 0) is 0 Å². The summed E-state index contributed by atoms with van der Waals surface area (Å²) in [6.07, 6.45) is 3.35. The number of benzene rings is 1. The second kappa shape index (κ2) is 5.91.